The number of hydrogen-bond donors (Lipinski definition) is 2. The molecule has 0 aliphatic heterocycles. The van der Waals surface area contributed by atoms with E-state index < -0.39 is 0 Å². The van der Waals surface area contributed by atoms with Crippen LogP contribution in [0.4, 0.5) is 5.69 Å². The van der Waals surface area contributed by atoms with Crippen molar-refractivity contribution in [1.29, 1.82) is 0 Å². The Hall–Kier alpha value is -2.36. The van der Waals surface area contributed by atoms with E-state index in [1.165, 1.54) is 11.8 Å². The maximum Gasteiger partial charge on any atom is 0.254 e. The van der Waals surface area contributed by atoms with E-state index in [-0.39, 0.29) is 11.8 Å². The third kappa shape index (κ3) is 3.35. The number of anilines is 1. The Bertz CT molecular complexity index is 596. The van der Waals surface area contributed by atoms with Crippen LogP contribution in [0.2, 0.25) is 0 Å². The molecule has 20 heavy (non-hydrogen) atoms. The predicted octanol–water partition coefficient (Wildman–Crippen LogP) is 2.51. The van der Waals surface area contributed by atoms with Gasteiger partial charge in [-0.2, -0.15) is 0 Å². The molecule has 1 aromatic carbocycles. The van der Waals surface area contributed by atoms with Crippen LogP contribution in [0.15, 0.2) is 42.6 Å². The Labute approximate surface area is 119 Å². The van der Waals surface area contributed by atoms with Gasteiger partial charge in [0.2, 0.25) is 0 Å². The first-order valence-electron chi connectivity index (χ1n) is 6.63. The lowest BCUT2D eigenvalue weighted by Gasteiger charge is -2.13. The largest absolute Gasteiger partial charge is 0.398 e. The molecule has 1 amide bonds. The smallest absolute Gasteiger partial charge is 0.254 e. The number of pyridine rings is 1. The van der Waals surface area contributed by atoms with Gasteiger partial charge in [-0.05, 0) is 24.5 Å². The second-order valence-corrected chi connectivity index (χ2v) is 4.93. The van der Waals surface area contributed by atoms with E-state index in [0.717, 1.165) is 5.69 Å². The summed E-state index contributed by atoms with van der Waals surface area (Å²) >= 11 is 0. The molecule has 1 heterocycles. The van der Waals surface area contributed by atoms with Gasteiger partial charge < -0.3 is 11.1 Å². The lowest BCUT2D eigenvalue weighted by atomic mass is 10.0. The van der Waals surface area contributed by atoms with Gasteiger partial charge >= 0.3 is 0 Å². The fourth-order valence-corrected chi connectivity index (χ4v) is 2.01. The van der Waals surface area contributed by atoms with E-state index in [2.05, 4.69) is 29.4 Å². The van der Waals surface area contributed by atoms with Gasteiger partial charge in [-0.3, -0.25) is 9.78 Å². The molecule has 1 aromatic heterocycles. The topological polar surface area (TPSA) is 68.0 Å². The average Bonchev–Trinajstić information content (AvgIpc) is 2.45. The third-order valence-corrected chi connectivity index (χ3v) is 3.25. The number of hydrogen-bond acceptors (Lipinski definition) is 3. The molecule has 2 rings (SSSR count). The average molecular weight is 269 g/mol. The molecule has 0 radical (unpaired) electrons. The standard InChI is InChI=1S/C16H19N3O/c1-11(13-6-4-3-5-7-13)9-19-16(20)14-10-18-12(2)8-15(14)17/h3-8,10-11H,9H2,1-2H3,(H2,17,18)(H,19,20). The van der Waals surface area contributed by atoms with Gasteiger partial charge in [-0.1, -0.05) is 37.3 Å². The number of rotatable bonds is 4. The predicted molar refractivity (Wildman–Crippen MR) is 80.6 cm³/mol. The van der Waals surface area contributed by atoms with Gasteiger partial charge in [0.25, 0.3) is 5.91 Å². The van der Waals surface area contributed by atoms with Gasteiger partial charge in [0.1, 0.15) is 0 Å². The number of carbonyl (C=O) groups is 1. The number of carbonyl (C=O) groups excluding carboxylic acids is 1. The van der Waals surface area contributed by atoms with Gasteiger partial charge in [0.15, 0.2) is 0 Å². The molecule has 4 heteroatoms. The molecule has 0 saturated carbocycles. The van der Waals surface area contributed by atoms with E-state index in [4.69, 9.17) is 5.73 Å². The fourth-order valence-electron chi connectivity index (χ4n) is 2.01. The molecule has 104 valence electrons. The minimum absolute atomic E-state index is 0.183. The molecular formula is C16H19N3O. The van der Waals surface area contributed by atoms with Gasteiger partial charge in [0.05, 0.1) is 5.56 Å². The highest BCUT2D eigenvalue weighted by atomic mass is 16.1. The monoisotopic (exact) mass is 269 g/mol. The Morgan fingerprint density at radius 3 is 2.70 bits per heavy atom. The first-order valence-corrected chi connectivity index (χ1v) is 6.63. The van der Waals surface area contributed by atoms with Crippen LogP contribution in [0.25, 0.3) is 0 Å². The van der Waals surface area contributed by atoms with Crippen molar-refractivity contribution in [3.8, 4) is 0 Å². The van der Waals surface area contributed by atoms with Crippen LogP contribution in [-0.2, 0) is 0 Å². The third-order valence-electron chi connectivity index (χ3n) is 3.25. The Kier molecular flexibility index (Phi) is 4.35. The molecular weight excluding hydrogens is 250 g/mol. The second kappa shape index (κ2) is 6.19. The molecule has 0 spiro atoms. The lowest BCUT2D eigenvalue weighted by Crippen LogP contribution is -2.28. The number of nitrogen functional groups attached to an aromatic ring is 1. The van der Waals surface area contributed by atoms with E-state index in [9.17, 15) is 4.79 Å². The summed E-state index contributed by atoms with van der Waals surface area (Å²) in [6.07, 6.45) is 1.52. The van der Waals surface area contributed by atoms with Gasteiger partial charge in [0, 0.05) is 24.1 Å². The summed E-state index contributed by atoms with van der Waals surface area (Å²) in [4.78, 5) is 16.2. The van der Waals surface area contributed by atoms with Crippen molar-refractivity contribution in [3.05, 3.63) is 59.4 Å². The molecule has 3 N–H and O–H groups in total. The number of aromatic nitrogens is 1. The highest BCUT2D eigenvalue weighted by molar-refractivity contribution is 5.98. The van der Waals surface area contributed by atoms with Crippen molar-refractivity contribution in [2.45, 2.75) is 19.8 Å². The SMILES string of the molecule is Cc1cc(N)c(C(=O)NCC(C)c2ccccc2)cn1. The van der Waals surface area contributed by atoms with Crippen LogP contribution in [-0.4, -0.2) is 17.4 Å². The molecule has 0 saturated heterocycles. The summed E-state index contributed by atoms with van der Waals surface area (Å²) in [7, 11) is 0. The van der Waals surface area contributed by atoms with E-state index in [0.29, 0.717) is 17.8 Å². The zero-order valence-corrected chi connectivity index (χ0v) is 11.8. The first kappa shape index (κ1) is 14.1. The Balaban J connectivity index is 1.99. The van der Waals surface area contributed by atoms with Gasteiger partial charge in [-0.15, -0.1) is 0 Å². The van der Waals surface area contributed by atoms with Crippen molar-refractivity contribution in [2.75, 3.05) is 12.3 Å². The molecule has 4 nitrogen and oxygen atoms in total. The van der Waals surface area contributed by atoms with Crippen LogP contribution >= 0.6 is 0 Å². The Morgan fingerprint density at radius 2 is 2.05 bits per heavy atom. The van der Waals surface area contributed by atoms with E-state index in [1.54, 1.807) is 6.07 Å². The summed E-state index contributed by atoms with van der Waals surface area (Å²) in [5, 5.41) is 2.90. The lowest BCUT2D eigenvalue weighted by molar-refractivity contribution is 0.0952. The zero-order chi connectivity index (χ0) is 14.5. The summed E-state index contributed by atoms with van der Waals surface area (Å²) in [6, 6.07) is 11.8. The maximum absolute atomic E-state index is 12.1. The maximum atomic E-state index is 12.1. The summed E-state index contributed by atoms with van der Waals surface area (Å²) in [6.45, 7) is 4.48. The van der Waals surface area contributed by atoms with Crippen LogP contribution in [0, 0.1) is 6.92 Å². The molecule has 0 bridgehead atoms. The normalized spacial score (nSPS) is 11.9. The van der Waals surface area contributed by atoms with Crippen molar-refractivity contribution >= 4 is 11.6 Å². The first-order chi connectivity index (χ1) is 9.58. The number of nitrogens with zero attached hydrogens (tertiary/aromatic N) is 1. The molecule has 1 unspecified atom stereocenters. The molecule has 0 fully saturated rings. The second-order valence-electron chi connectivity index (χ2n) is 4.93. The molecule has 1 atom stereocenters. The van der Waals surface area contributed by atoms with Crippen molar-refractivity contribution in [3.63, 3.8) is 0 Å². The summed E-state index contributed by atoms with van der Waals surface area (Å²) in [5.41, 5.74) is 8.73. The van der Waals surface area contributed by atoms with Crippen molar-refractivity contribution < 1.29 is 4.79 Å². The summed E-state index contributed by atoms with van der Waals surface area (Å²) < 4.78 is 0. The summed E-state index contributed by atoms with van der Waals surface area (Å²) in [5.74, 6) is 0.0672. The number of aryl methyl sites for hydroxylation is 1. The zero-order valence-electron chi connectivity index (χ0n) is 11.8. The van der Waals surface area contributed by atoms with E-state index >= 15 is 0 Å². The highest BCUT2D eigenvalue weighted by Gasteiger charge is 2.12. The number of amides is 1. The number of benzene rings is 1. The van der Waals surface area contributed by atoms with Crippen LogP contribution in [0.3, 0.4) is 0 Å². The quantitative estimate of drug-likeness (QED) is 0.896. The van der Waals surface area contributed by atoms with E-state index in [1.807, 2.05) is 25.1 Å². The van der Waals surface area contributed by atoms with Crippen molar-refractivity contribution in [2.24, 2.45) is 0 Å². The highest BCUT2D eigenvalue weighted by Crippen LogP contribution is 2.15. The van der Waals surface area contributed by atoms with Crippen LogP contribution < -0.4 is 11.1 Å². The number of nitrogens with one attached hydrogen (secondary N) is 1. The minimum atomic E-state index is -0.183. The Morgan fingerprint density at radius 1 is 1.35 bits per heavy atom. The number of nitrogens with two attached hydrogens (primary N) is 1. The van der Waals surface area contributed by atoms with Gasteiger partial charge in [-0.25, -0.2) is 0 Å². The molecule has 2 aromatic rings. The van der Waals surface area contributed by atoms with Crippen LogP contribution in [0.1, 0.15) is 34.5 Å². The van der Waals surface area contributed by atoms with Crippen molar-refractivity contribution in [1.82, 2.24) is 10.3 Å². The molecule has 0 aliphatic carbocycles. The van der Waals surface area contributed by atoms with Crippen LogP contribution in [0.5, 0.6) is 0 Å². The fraction of sp³-hybridized carbons (Fsp3) is 0.250. The molecule has 0 aliphatic rings. The minimum Gasteiger partial charge on any atom is -0.398 e.